The number of hydrogen-bond donors (Lipinski definition) is 1. The molecule has 2 heterocycles. The number of aliphatic hydroxyl groups is 1. The van der Waals surface area contributed by atoms with E-state index in [1.165, 1.54) is 25.7 Å². The molecule has 3 heteroatoms. The number of nitrogens with zero attached hydrogens (tertiary/aromatic N) is 2. The molecule has 1 fully saturated rings. The van der Waals surface area contributed by atoms with E-state index in [0.717, 1.165) is 30.4 Å². The molecule has 94 valence electrons. The van der Waals surface area contributed by atoms with Crippen LogP contribution < -0.4 is 4.90 Å². The summed E-state index contributed by atoms with van der Waals surface area (Å²) in [5, 5.41) is 9.32. The fourth-order valence-corrected chi connectivity index (χ4v) is 2.68. The maximum absolute atomic E-state index is 9.32. The highest BCUT2D eigenvalue weighted by molar-refractivity contribution is 5.46. The summed E-state index contributed by atoms with van der Waals surface area (Å²) in [6.07, 6.45) is 6.97. The average molecular weight is 234 g/mol. The number of anilines is 1. The van der Waals surface area contributed by atoms with E-state index in [9.17, 15) is 5.11 Å². The summed E-state index contributed by atoms with van der Waals surface area (Å²) in [7, 11) is 0. The molecule has 0 saturated carbocycles. The van der Waals surface area contributed by atoms with Gasteiger partial charge < -0.3 is 10.0 Å². The molecule has 1 aromatic heterocycles. The highest BCUT2D eigenvalue weighted by Gasteiger charge is 2.20. The number of hydrogen-bond acceptors (Lipinski definition) is 3. The SMILES string of the molecule is CCCC1CCN(c2ncccc2CO)CC1. The molecular weight excluding hydrogens is 212 g/mol. The Morgan fingerprint density at radius 2 is 2.18 bits per heavy atom. The molecule has 3 nitrogen and oxygen atoms in total. The van der Waals surface area contributed by atoms with Gasteiger partial charge in [0.05, 0.1) is 6.61 Å². The Morgan fingerprint density at radius 3 is 2.82 bits per heavy atom. The van der Waals surface area contributed by atoms with Crippen LogP contribution in [-0.4, -0.2) is 23.2 Å². The summed E-state index contributed by atoms with van der Waals surface area (Å²) in [5.41, 5.74) is 0.946. The Balaban J connectivity index is 2.00. The van der Waals surface area contributed by atoms with E-state index >= 15 is 0 Å². The van der Waals surface area contributed by atoms with Crippen LogP contribution in [0.1, 0.15) is 38.2 Å². The molecule has 17 heavy (non-hydrogen) atoms. The van der Waals surface area contributed by atoms with Gasteiger partial charge in [-0.3, -0.25) is 0 Å². The monoisotopic (exact) mass is 234 g/mol. The third-order valence-corrected chi connectivity index (χ3v) is 3.65. The standard InChI is InChI=1S/C14H22N2O/c1-2-4-12-6-9-16(10-7-12)14-13(11-17)5-3-8-15-14/h3,5,8,12,17H,2,4,6-7,9-11H2,1H3. The van der Waals surface area contributed by atoms with Gasteiger partial charge in [0.15, 0.2) is 0 Å². The van der Waals surface area contributed by atoms with Crippen molar-refractivity contribution in [3.63, 3.8) is 0 Å². The summed E-state index contributed by atoms with van der Waals surface area (Å²) in [4.78, 5) is 6.73. The van der Waals surface area contributed by atoms with Crippen LogP contribution >= 0.6 is 0 Å². The molecule has 0 atom stereocenters. The zero-order valence-electron chi connectivity index (χ0n) is 10.6. The predicted octanol–water partition coefficient (Wildman–Crippen LogP) is 2.59. The van der Waals surface area contributed by atoms with E-state index in [1.807, 2.05) is 18.3 Å². The zero-order valence-corrected chi connectivity index (χ0v) is 10.6. The van der Waals surface area contributed by atoms with Gasteiger partial charge in [-0.1, -0.05) is 25.8 Å². The van der Waals surface area contributed by atoms with Crippen LogP contribution in [0.3, 0.4) is 0 Å². The summed E-state index contributed by atoms with van der Waals surface area (Å²) in [6, 6.07) is 3.85. The number of aliphatic hydroxyl groups excluding tert-OH is 1. The molecular formula is C14H22N2O. The summed E-state index contributed by atoms with van der Waals surface area (Å²) >= 11 is 0. The van der Waals surface area contributed by atoms with Crippen molar-refractivity contribution in [2.45, 2.75) is 39.2 Å². The normalized spacial score (nSPS) is 17.4. The third-order valence-electron chi connectivity index (χ3n) is 3.65. The predicted molar refractivity (Wildman–Crippen MR) is 70.0 cm³/mol. The van der Waals surface area contributed by atoms with Gasteiger partial charge >= 0.3 is 0 Å². The van der Waals surface area contributed by atoms with E-state index in [2.05, 4.69) is 16.8 Å². The lowest BCUT2D eigenvalue weighted by Gasteiger charge is -2.33. The summed E-state index contributed by atoms with van der Waals surface area (Å²) < 4.78 is 0. The van der Waals surface area contributed by atoms with Crippen molar-refractivity contribution in [2.24, 2.45) is 5.92 Å². The fourth-order valence-electron chi connectivity index (χ4n) is 2.68. The van der Waals surface area contributed by atoms with Crippen molar-refractivity contribution >= 4 is 5.82 Å². The molecule has 1 N–H and O–H groups in total. The quantitative estimate of drug-likeness (QED) is 0.870. The van der Waals surface area contributed by atoms with Crippen molar-refractivity contribution in [1.29, 1.82) is 0 Å². The van der Waals surface area contributed by atoms with E-state index in [-0.39, 0.29) is 6.61 Å². The first-order chi connectivity index (χ1) is 8.35. The van der Waals surface area contributed by atoms with Gasteiger partial charge in [0.25, 0.3) is 0 Å². The number of pyridine rings is 1. The first-order valence-electron chi connectivity index (χ1n) is 6.64. The smallest absolute Gasteiger partial charge is 0.134 e. The second-order valence-electron chi connectivity index (χ2n) is 4.86. The van der Waals surface area contributed by atoms with Crippen LogP contribution in [-0.2, 0) is 6.61 Å². The van der Waals surface area contributed by atoms with E-state index in [4.69, 9.17) is 0 Å². The molecule has 0 spiro atoms. The lowest BCUT2D eigenvalue weighted by Crippen LogP contribution is -2.34. The molecule has 1 aliphatic heterocycles. The van der Waals surface area contributed by atoms with E-state index in [1.54, 1.807) is 0 Å². The molecule has 1 aliphatic rings. The molecule has 0 unspecified atom stereocenters. The van der Waals surface area contributed by atoms with Crippen LogP contribution in [0.2, 0.25) is 0 Å². The minimum atomic E-state index is 0.0814. The Bertz CT molecular complexity index is 346. The van der Waals surface area contributed by atoms with Crippen molar-refractivity contribution in [3.8, 4) is 0 Å². The second kappa shape index (κ2) is 6.01. The molecule has 0 radical (unpaired) electrons. The summed E-state index contributed by atoms with van der Waals surface area (Å²) in [6.45, 7) is 4.50. The Hall–Kier alpha value is -1.09. The van der Waals surface area contributed by atoms with Crippen LogP contribution in [0, 0.1) is 5.92 Å². The van der Waals surface area contributed by atoms with Crippen LogP contribution in [0.25, 0.3) is 0 Å². The Kier molecular flexibility index (Phi) is 4.37. The lowest BCUT2D eigenvalue weighted by atomic mass is 9.92. The van der Waals surface area contributed by atoms with Gasteiger partial charge in [-0.2, -0.15) is 0 Å². The van der Waals surface area contributed by atoms with Crippen molar-refractivity contribution in [3.05, 3.63) is 23.9 Å². The third kappa shape index (κ3) is 2.97. The van der Waals surface area contributed by atoms with Gasteiger partial charge in [0.2, 0.25) is 0 Å². The number of aromatic nitrogens is 1. The summed E-state index contributed by atoms with van der Waals surface area (Å²) in [5.74, 6) is 1.86. The minimum Gasteiger partial charge on any atom is -0.392 e. The molecule has 1 aromatic rings. The zero-order chi connectivity index (χ0) is 12.1. The van der Waals surface area contributed by atoms with Gasteiger partial charge in [-0.05, 0) is 24.8 Å². The van der Waals surface area contributed by atoms with Gasteiger partial charge in [-0.15, -0.1) is 0 Å². The average Bonchev–Trinajstić information content (AvgIpc) is 2.40. The van der Waals surface area contributed by atoms with Gasteiger partial charge in [0.1, 0.15) is 5.82 Å². The molecule has 2 rings (SSSR count). The maximum atomic E-state index is 9.32. The van der Waals surface area contributed by atoms with Crippen molar-refractivity contribution in [1.82, 2.24) is 4.98 Å². The van der Waals surface area contributed by atoms with Crippen LogP contribution in [0.4, 0.5) is 5.82 Å². The van der Waals surface area contributed by atoms with Gasteiger partial charge in [-0.25, -0.2) is 4.98 Å². The van der Waals surface area contributed by atoms with Crippen molar-refractivity contribution < 1.29 is 5.11 Å². The Morgan fingerprint density at radius 1 is 1.41 bits per heavy atom. The Labute approximate surface area is 103 Å². The number of piperidine rings is 1. The lowest BCUT2D eigenvalue weighted by molar-refractivity contribution is 0.281. The van der Waals surface area contributed by atoms with Crippen LogP contribution in [0.5, 0.6) is 0 Å². The first-order valence-corrected chi connectivity index (χ1v) is 6.64. The molecule has 0 amide bonds. The molecule has 1 saturated heterocycles. The minimum absolute atomic E-state index is 0.0814. The number of rotatable bonds is 4. The van der Waals surface area contributed by atoms with E-state index in [0.29, 0.717) is 0 Å². The largest absolute Gasteiger partial charge is 0.392 e. The molecule has 0 aliphatic carbocycles. The van der Waals surface area contributed by atoms with Gasteiger partial charge in [0, 0.05) is 24.8 Å². The highest BCUT2D eigenvalue weighted by Crippen LogP contribution is 2.26. The first kappa shape index (κ1) is 12.4. The molecule has 0 aromatic carbocycles. The second-order valence-corrected chi connectivity index (χ2v) is 4.86. The fraction of sp³-hybridized carbons (Fsp3) is 0.643. The van der Waals surface area contributed by atoms with E-state index < -0.39 is 0 Å². The molecule has 0 bridgehead atoms. The van der Waals surface area contributed by atoms with Crippen LogP contribution in [0.15, 0.2) is 18.3 Å². The van der Waals surface area contributed by atoms with Crippen molar-refractivity contribution in [2.75, 3.05) is 18.0 Å². The topological polar surface area (TPSA) is 36.4 Å². The maximum Gasteiger partial charge on any atom is 0.134 e. The highest BCUT2D eigenvalue weighted by atomic mass is 16.3.